The number of anilines is 1. The monoisotopic (exact) mass is 250 g/mol. The molecule has 5 heteroatoms. The number of rotatable bonds is 2. The molecule has 2 aromatic rings. The van der Waals surface area contributed by atoms with E-state index in [2.05, 4.69) is 15.0 Å². The van der Waals surface area contributed by atoms with Gasteiger partial charge >= 0.3 is 0 Å². The third kappa shape index (κ3) is 1.77. The van der Waals surface area contributed by atoms with E-state index in [0.29, 0.717) is 6.04 Å². The van der Waals surface area contributed by atoms with Gasteiger partial charge in [-0.2, -0.15) is 0 Å². The van der Waals surface area contributed by atoms with E-state index in [1.807, 2.05) is 18.2 Å². The highest BCUT2D eigenvalue weighted by atomic mass is 35.5. The Hall–Kier alpha value is -1.26. The number of hydrazine groups is 1. The van der Waals surface area contributed by atoms with E-state index in [1.165, 1.54) is 25.7 Å². The Balaban J connectivity index is 2.20. The molecule has 1 aromatic heterocycles. The van der Waals surface area contributed by atoms with Crippen LogP contribution in [0.5, 0.6) is 0 Å². The van der Waals surface area contributed by atoms with Gasteiger partial charge in [0.25, 0.3) is 0 Å². The van der Waals surface area contributed by atoms with Gasteiger partial charge in [0.15, 0.2) is 0 Å². The standard InChI is InChI=1S/C12H15ClN4/c13-8-5-6-10-11(7-8)17(12(15-10)16-14)9-3-1-2-4-9/h5-7,9H,1-4,14H2,(H,15,16). The smallest absolute Gasteiger partial charge is 0.218 e. The zero-order valence-electron chi connectivity index (χ0n) is 9.49. The highest BCUT2D eigenvalue weighted by Crippen LogP contribution is 2.35. The highest BCUT2D eigenvalue weighted by Gasteiger charge is 2.22. The highest BCUT2D eigenvalue weighted by molar-refractivity contribution is 6.31. The van der Waals surface area contributed by atoms with Crippen molar-refractivity contribution >= 4 is 28.6 Å². The minimum absolute atomic E-state index is 0.490. The van der Waals surface area contributed by atoms with Crippen molar-refractivity contribution in [3.63, 3.8) is 0 Å². The normalized spacial score (nSPS) is 16.8. The Morgan fingerprint density at radius 1 is 1.35 bits per heavy atom. The molecule has 1 aliphatic carbocycles. The van der Waals surface area contributed by atoms with Gasteiger partial charge in [-0.25, -0.2) is 10.8 Å². The van der Waals surface area contributed by atoms with Crippen molar-refractivity contribution in [2.24, 2.45) is 5.84 Å². The van der Waals surface area contributed by atoms with Gasteiger partial charge in [-0.1, -0.05) is 24.4 Å². The van der Waals surface area contributed by atoms with Gasteiger partial charge in [-0.3, -0.25) is 5.43 Å². The van der Waals surface area contributed by atoms with Crippen LogP contribution < -0.4 is 11.3 Å². The summed E-state index contributed by atoms with van der Waals surface area (Å²) in [6.07, 6.45) is 4.92. The molecule has 1 heterocycles. The number of hydrogen-bond acceptors (Lipinski definition) is 3. The van der Waals surface area contributed by atoms with E-state index in [9.17, 15) is 0 Å². The van der Waals surface area contributed by atoms with E-state index in [1.54, 1.807) is 0 Å². The van der Waals surface area contributed by atoms with Crippen LogP contribution in [0.15, 0.2) is 18.2 Å². The number of nitrogens with two attached hydrogens (primary N) is 1. The number of benzene rings is 1. The van der Waals surface area contributed by atoms with Crippen molar-refractivity contribution in [2.45, 2.75) is 31.7 Å². The minimum atomic E-state index is 0.490. The van der Waals surface area contributed by atoms with Crippen LogP contribution in [-0.4, -0.2) is 9.55 Å². The SMILES string of the molecule is NNc1nc2ccc(Cl)cc2n1C1CCCC1. The van der Waals surface area contributed by atoms with E-state index in [0.717, 1.165) is 22.0 Å². The minimum Gasteiger partial charge on any atom is -0.306 e. The van der Waals surface area contributed by atoms with Crippen LogP contribution in [0.1, 0.15) is 31.7 Å². The maximum Gasteiger partial charge on any atom is 0.218 e. The van der Waals surface area contributed by atoms with Crippen molar-refractivity contribution in [1.82, 2.24) is 9.55 Å². The predicted molar refractivity (Wildman–Crippen MR) is 70.1 cm³/mol. The molecule has 0 bridgehead atoms. The number of halogens is 1. The summed E-state index contributed by atoms with van der Waals surface area (Å²) in [4.78, 5) is 4.49. The molecule has 3 N–H and O–H groups in total. The van der Waals surface area contributed by atoms with Crippen LogP contribution >= 0.6 is 11.6 Å². The predicted octanol–water partition coefficient (Wildman–Crippen LogP) is 3.09. The Morgan fingerprint density at radius 3 is 2.82 bits per heavy atom. The Bertz CT molecular complexity index is 543. The summed E-state index contributed by atoms with van der Waals surface area (Å²) in [7, 11) is 0. The van der Waals surface area contributed by atoms with Crippen molar-refractivity contribution in [3.05, 3.63) is 23.2 Å². The van der Waals surface area contributed by atoms with Crippen LogP contribution in [0, 0.1) is 0 Å². The lowest BCUT2D eigenvalue weighted by Crippen LogP contribution is -2.15. The van der Waals surface area contributed by atoms with Crippen LogP contribution in [-0.2, 0) is 0 Å². The number of nitrogen functional groups attached to an aromatic ring is 1. The summed E-state index contributed by atoms with van der Waals surface area (Å²) >= 11 is 6.06. The van der Waals surface area contributed by atoms with Gasteiger partial charge in [0, 0.05) is 11.1 Å². The fourth-order valence-electron chi connectivity index (χ4n) is 2.70. The molecule has 0 amide bonds. The maximum atomic E-state index is 6.06. The molecule has 90 valence electrons. The lowest BCUT2D eigenvalue weighted by molar-refractivity contribution is 0.537. The molecular weight excluding hydrogens is 236 g/mol. The Labute approximate surface area is 105 Å². The molecule has 0 radical (unpaired) electrons. The number of hydrogen-bond donors (Lipinski definition) is 2. The van der Waals surface area contributed by atoms with E-state index in [4.69, 9.17) is 17.4 Å². The number of nitrogens with zero attached hydrogens (tertiary/aromatic N) is 2. The van der Waals surface area contributed by atoms with Crippen molar-refractivity contribution in [2.75, 3.05) is 5.43 Å². The van der Waals surface area contributed by atoms with Crippen molar-refractivity contribution < 1.29 is 0 Å². The molecule has 0 spiro atoms. The first-order valence-corrected chi connectivity index (χ1v) is 6.31. The van der Waals surface area contributed by atoms with E-state index in [-0.39, 0.29) is 0 Å². The molecule has 1 aromatic carbocycles. The lowest BCUT2D eigenvalue weighted by Gasteiger charge is -2.15. The Morgan fingerprint density at radius 2 is 2.12 bits per heavy atom. The van der Waals surface area contributed by atoms with Crippen LogP contribution in [0.3, 0.4) is 0 Å². The molecule has 1 aliphatic rings. The molecule has 1 fully saturated rings. The fraction of sp³-hybridized carbons (Fsp3) is 0.417. The van der Waals surface area contributed by atoms with Crippen molar-refractivity contribution in [1.29, 1.82) is 0 Å². The first kappa shape index (κ1) is 10.9. The second-order valence-corrected chi connectivity index (χ2v) is 4.96. The van der Waals surface area contributed by atoms with Gasteiger partial charge in [0.05, 0.1) is 11.0 Å². The van der Waals surface area contributed by atoms with Crippen LogP contribution in [0.2, 0.25) is 5.02 Å². The van der Waals surface area contributed by atoms with E-state index >= 15 is 0 Å². The zero-order chi connectivity index (χ0) is 11.8. The second-order valence-electron chi connectivity index (χ2n) is 4.52. The molecule has 4 nitrogen and oxygen atoms in total. The molecule has 0 unspecified atom stereocenters. The topological polar surface area (TPSA) is 55.9 Å². The van der Waals surface area contributed by atoms with Gasteiger partial charge in [-0.15, -0.1) is 0 Å². The van der Waals surface area contributed by atoms with Crippen LogP contribution in [0.25, 0.3) is 11.0 Å². The summed E-state index contributed by atoms with van der Waals surface area (Å²) in [5.41, 5.74) is 4.70. The first-order valence-electron chi connectivity index (χ1n) is 5.93. The summed E-state index contributed by atoms with van der Waals surface area (Å²) < 4.78 is 2.19. The summed E-state index contributed by atoms with van der Waals surface area (Å²) in [6, 6.07) is 6.24. The molecule has 0 atom stereocenters. The summed E-state index contributed by atoms with van der Waals surface area (Å²) in [5, 5.41) is 0.736. The van der Waals surface area contributed by atoms with Gasteiger partial charge in [0.2, 0.25) is 5.95 Å². The second kappa shape index (κ2) is 4.20. The number of aromatic nitrogens is 2. The van der Waals surface area contributed by atoms with Crippen molar-refractivity contribution in [3.8, 4) is 0 Å². The quantitative estimate of drug-likeness (QED) is 0.636. The van der Waals surface area contributed by atoms with E-state index < -0.39 is 0 Å². The summed E-state index contributed by atoms with van der Waals surface area (Å²) in [6.45, 7) is 0. The molecule has 17 heavy (non-hydrogen) atoms. The third-order valence-electron chi connectivity index (χ3n) is 3.47. The number of nitrogens with one attached hydrogen (secondary N) is 1. The first-order chi connectivity index (χ1) is 8.29. The summed E-state index contributed by atoms with van der Waals surface area (Å²) in [5.74, 6) is 6.28. The fourth-order valence-corrected chi connectivity index (χ4v) is 2.87. The number of fused-ring (bicyclic) bond motifs is 1. The molecule has 3 rings (SSSR count). The molecular formula is C12H15ClN4. The van der Waals surface area contributed by atoms with Crippen LogP contribution in [0.4, 0.5) is 5.95 Å². The maximum absolute atomic E-state index is 6.06. The average Bonchev–Trinajstić information content (AvgIpc) is 2.93. The lowest BCUT2D eigenvalue weighted by atomic mass is 10.2. The molecule has 1 saturated carbocycles. The average molecular weight is 251 g/mol. The Kier molecular flexibility index (Phi) is 2.68. The number of imidazole rings is 1. The molecule has 0 aliphatic heterocycles. The largest absolute Gasteiger partial charge is 0.306 e. The zero-order valence-corrected chi connectivity index (χ0v) is 10.2. The third-order valence-corrected chi connectivity index (χ3v) is 3.71. The van der Waals surface area contributed by atoms with Gasteiger partial charge in [-0.05, 0) is 31.0 Å². The van der Waals surface area contributed by atoms with Gasteiger partial charge < -0.3 is 4.57 Å². The molecule has 0 saturated heterocycles. The van der Waals surface area contributed by atoms with Gasteiger partial charge in [0.1, 0.15) is 0 Å².